The number of rotatable bonds is 3. The molecule has 0 aliphatic rings. The highest BCUT2D eigenvalue weighted by atomic mass is 15.2. The molecule has 2 heterocycles. The molecule has 3 rings (SSSR count). The van der Waals surface area contributed by atoms with Crippen molar-refractivity contribution in [2.75, 3.05) is 5.32 Å². The first-order valence-corrected chi connectivity index (χ1v) is 5.90. The van der Waals surface area contributed by atoms with Crippen molar-refractivity contribution in [3.8, 4) is 0 Å². The third kappa shape index (κ3) is 1.95. The summed E-state index contributed by atoms with van der Waals surface area (Å²) in [4.78, 5) is 0. The van der Waals surface area contributed by atoms with E-state index in [0.717, 1.165) is 16.6 Å². The van der Waals surface area contributed by atoms with Crippen molar-refractivity contribution in [2.45, 2.75) is 13.0 Å². The first-order chi connectivity index (χ1) is 8.72. The molecule has 0 spiro atoms. The van der Waals surface area contributed by atoms with Crippen LogP contribution in [0.25, 0.3) is 10.9 Å². The minimum Gasteiger partial charge on any atom is -0.378 e. The zero-order chi connectivity index (χ0) is 12.5. The second-order valence-electron chi connectivity index (χ2n) is 4.49. The molecule has 0 radical (unpaired) electrons. The van der Waals surface area contributed by atoms with Gasteiger partial charge in [0.25, 0.3) is 0 Å². The number of nitrogens with one attached hydrogen (secondary N) is 2. The maximum absolute atomic E-state index is 4.18. The monoisotopic (exact) mass is 241 g/mol. The average molecular weight is 241 g/mol. The lowest BCUT2D eigenvalue weighted by atomic mass is 10.1. The molecular weight excluding hydrogens is 226 g/mol. The third-order valence-corrected chi connectivity index (χ3v) is 3.05. The van der Waals surface area contributed by atoms with E-state index in [9.17, 15) is 0 Å². The zero-order valence-corrected chi connectivity index (χ0v) is 10.4. The van der Waals surface area contributed by atoms with Gasteiger partial charge in [0.2, 0.25) is 0 Å². The summed E-state index contributed by atoms with van der Waals surface area (Å²) in [5.41, 5.74) is 3.31. The van der Waals surface area contributed by atoms with Gasteiger partial charge in [-0.3, -0.25) is 9.78 Å². The van der Waals surface area contributed by atoms with Crippen molar-refractivity contribution in [2.24, 2.45) is 7.05 Å². The van der Waals surface area contributed by atoms with E-state index in [4.69, 9.17) is 0 Å². The molecule has 2 aromatic heterocycles. The van der Waals surface area contributed by atoms with Crippen LogP contribution in [0.2, 0.25) is 0 Å². The Morgan fingerprint density at radius 1 is 1.33 bits per heavy atom. The van der Waals surface area contributed by atoms with Crippen molar-refractivity contribution >= 4 is 16.6 Å². The third-order valence-electron chi connectivity index (χ3n) is 3.05. The van der Waals surface area contributed by atoms with E-state index >= 15 is 0 Å². The van der Waals surface area contributed by atoms with Crippen LogP contribution in [0.3, 0.4) is 0 Å². The molecule has 0 saturated carbocycles. The summed E-state index contributed by atoms with van der Waals surface area (Å²) in [6, 6.07) is 6.39. The van der Waals surface area contributed by atoms with Gasteiger partial charge >= 0.3 is 0 Å². The minimum atomic E-state index is 0.225. The fourth-order valence-electron chi connectivity index (χ4n) is 2.03. The summed E-state index contributed by atoms with van der Waals surface area (Å²) in [6.07, 6.45) is 5.73. The number of hydrogen-bond acceptors (Lipinski definition) is 3. The molecule has 1 atom stereocenters. The summed E-state index contributed by atoms with van der Waals surface area (Å²) in [5.74, 6) is 0. The Morgan fingerprint density at radius 3 is 3.00 bits per heavy atom. The number of fused-ring (bicyclic) bond motifs is 1. The van der Waals surface area contributed by atoms with Crippen LogP contribution in [0.5, 0.6) is 0 Å². The van der Waals surface area contributed by atoms with Crippen LogP contribution in [0.4, 0.5) is 5.69 Å². The van der Waals surface area contributed by atoms with E-state index in [1.807, 2.05) is 42.5 Å². The van der Waals surface area contributed by atoms with Crippen molar-refractivity contribution in [1.82, 2.24) is 20.0 Å². The fourth-order valence-corrected chi connectivity index (χ4v) is 2.03. The Kier molecular flexibility index (Phi) is 2.51. The first kappa shape index (κ1) is 10.8. The summed E-state index contributed by atoms with van der Waals surface area (Å²) in [7, 11) is 1.92. The Hall–Kier alpha value is -2.30. The van der Waals surface area contributed by atoms with E-state index < -0.39 is 0 Å². The number of benzene rings is 1. The summed E-state index contributed by atoms with van der Waals surface area (Å²) >= 11 is 0. The minimum absolute atomic E-state index is 0.225. The Morgan fingerprint density at radius 2 is 2.22 bits per heavy atom. The molecule has 5 nitrogen and oxygen atoms in total. The smallest absolute Gasteiger partial charge is 0.0651 e. The van der Waals surface area contributed by atoms with Crippen LogP contribution in [0, 0.1) is 0 Å². The highest BCUT2D eigenvalue weighted by molar-refractivity contribution is 5.81. The Bertz CT molecular complexity index is 667. The summed E-state index contributed by atoms with van der Waals surface area (Å²) in [6.45, 7) is 2.12. The van der Waals surface area contributed by atoms with Crippen LogP contribution in [0.1, 0.15) is 18.5 Å². The molecule has 18 heavy (non-hydrogen) atoms. The van der Waals surface area contributed by atoms with Gasteiger partial charge in [-0.1, -0.05) is 0 Å². The molecule has 0 saturated heterocycles. The molecule has 5 heteroatoms. The van der Waals surface area contributed by atoms with Gasteiger partial charge in [0.1, 0.15) is 0 Å². The number of aryl methyl sites for hydroxylation is 1. The second-order valence-corrected chi connectivity index (χ2v) is 4.49. The van der Waals surface area contributed by atoms with Gasteiger partial charge in [0.05, 0.1) is 24.0 Å². The van der Waals surface area contributed by atoms with Gasteiger partial charge in [0, 0.05) is 29.9 Å². The van der Waals surface area contributed by atoms with Crippen LogP contribution < -0.4 is 5.32 Å². The lowest BCUT2D eigenvalue weighted by Crippen LogP contribution is -2.05. The summed E-state index contributed by atoms with van der Waals surface area (Å²) < 4.78 is 1.81. The average Bonchev–Trinajstić information content (AvgIpc) is 2.96. The van der Waals surface area contributed by atoms with Crippen LogP contribution >= 0.6 is 0 Å². The number of aromatic amines is 1. The second kappa shape index (κ2) is 4.18. The van der Waals surface area contributed by atoms with Gasteiger partial charge in [-0.05, 0) is 25.1 Å². The van der Waals surface area contributed by atoms with Gasteiger partial charge in [-0.25, -0.2) is 0 Å². The number of hydrogen-bond donors (Lipinski definition) is 2. The zero-order valence-electron chi connectivity index (χ0n) is 10.4. The Labute approximate surface area is 105 Å². The SMILES string of the molecule is CC(Nc1ccc2[nH]ncc2c1)c1cnn(C)c1. The lowest BCUT2D eigenvalue weighted by molar-refractivity contribution is 0.765. The topological polar surface area (TPSA) is 58.5 Å². The lowest BCUT2D eigenvalue weighted by Gasteiger charge is -2.13. The number of aromatic nitrogens is 4. The molecule has 2 N–H and O–H groups in total. The van der Waals surface area contributed by atoms with E-state index in [1.54, 1.807) is 0 Å². The quantitative estimate of drug-likeness (QED) is 0.740. The van der Waals surface area contributed by atoms with Gasteiger partial charge in [0.15, 0.2) is 0 Å². The van der Waals surface area contributed by atoms with Gasteiger partial charge in [-0.2, -0.15) is 10.2 Å². The molecule has 3 aromatic rings. The number of H-pyrrole nitrogens is 1. The van der Waals surface area contributed by atoms with Crippen molar-refractivity contribution in [3.63, 3.8) is 0 Å². The molecule has 0 aliphatic carbocycles. The molecule has 92 valence electrons. The number of anilines is 1. The molecule has 1 unspecified atom stereocenters. The standard InChI is InChI=1S/C13H15N5/c1-9(11-7-15-18(2)8-11)16-12-3-4-13-10(5-12)6-14-17-13/h3-9,16H,1-2H3,(H,14,17). The Balaban J connectivity index is 1.83. The predicted molar refractivity (Wildman–Crippen MR) is 71.3 cm³/mol. The molecule has 0 aliphatic heterocycles. The van der Waals surface area contributed by atoms with Crippen molar-refractivity contribution in [3.05, 3.63) is 42.4 Å². The van der Waals surface area contributed by atoms with E-state index in [1.165, 1.54) is 5.56 Å². The normalized spacial score (nSPS) is 12.8. The molecule has 1 aromatic carbocycles. The van der Waals surface area contributed by atoms with E-state index in [0.29, 0.717) is 0 Å². The molecule has 0 bridgehead atoms. The van der Waals surface area contributed by atoms with Crippen LogP contribution in [0.15, 0.2) is 36.8 Å². The van der Waals surface area contributed by atoms with Gasteiger partial charge < -0.3 is 5.32 Å². The van der Waals surface area contributed by atoms with Crippen molar-refractivity contribution in [1.29, 1.82) is 0 Å². The summed E-state index contributed by atoms with van der Waals surface area (Å²) in [5, 5.41) is 15.7. The molecular formula is C13H15N5. The first-order valence-electron chi connectivity index (χ1n) is 5.90. The highest BCUT2D eigenvalue weighted by Gasteiger charge is 2.07. The van der Waals surface area contributed by atoms with Crippen LogP contribution in [-0.4, -0.2) is 20.0 Å². The van der Waals surface area contributed by atoms with E-state index in [-0.39, 0.29) is 6.04 Å². The molecule has 0 fully saturated rings. The predicted octanol–water partition coefficient (Wildman–Crippen LogP) is 2.47. The highest BCUT2D eigenvalue weighted by Crippen LogP contribution is 2.21. The van der Waals surface area contributed by atoms with E-state index in [2.05, 4.69) is 33.6 Å². The maximum Gasteiger partial charge on any atom is 0.0651 e. The fraction of sp³-hybridized carbons (Fsp3) is 0.231. The largest absolute Gasteiger partial charge is 0.378 e. The maximum atomic E-state index is 4.18. The van der Waals surface area contributed by atoms with Gasteiger partial charge in [-0.15, -0.1) is 0 Å². The molecule has 0 amide bonds. The van der Waals surface area contributed by atoms with Crippen LogP contribution in [-0.2, 0) is 7.05 Å². The van der Waals surface area contributed by atoms with Crippen molar-refractivity contribution < 1.29 is 0 Å². The number of nitrogens with zero attached hydrogens (tertiary/aromatic N) is 3.